The van der Waals surface area contributed by atoms with Crippen LogP contribution >= 0.6 is 0 Å². The fraction of sp³-hybridized carbons (Fsp3) is 0.833. The zero-order chi connectivity index (χ0) is 16.3. The number of hydrogen-bond donors (Lipinski definition) is 0. The third-order valence-electron chi connectivity index (χ3n) is 4.17. The second kappa shape index (κ2) is 10.8. The smallest absolute Gasteiger partial charge is 0.333 e. The van der Waals surface area contributed by atoms with Crippen LogP contribution in [0.15, 0.2) is 12.2 Å². The summed E-state index contributed by atoms with van der Waals surface area (Å²) in [6.07, 6.45) is 10.00. The van der Waals surface area contributed by atoms with Gasteiger partial charge in [-0.15, -0.1) is 0 Å². The van der Waals surface area contributed by atoms with E-state index in [9.17, 15) is 4.79 Å². The summed E-state index contributed by atoms with van der Waals surface area (Å²) < 4.78 is 6.12. The molecule has 0 spiro atoms. The Bertz CT molecular complexity index is 305. The van der Waals surface area contributed by atoms with Crippen LogP contribution in [0.2, 0.25) is 0 Å². The van der Waals surface area contributed by atoms with Crippen LogP contribution in [-0.4, -0.2) is 44.2 Å². The van der Waals surface area contributed by atoms with Crippen molar-refractivity contribution in [2.45, 2.75) is 71.3 Å². The molecule has 3 heteroatoms. The van der Waals surface area contributed by atoms with Crippen molar-refractivity contribution in [3.8, 4) is 0 Å². The number of quaternary nitrogens is 1. The van der Waals surface area contributed by atoms with Crippen LogP contribution < -0.4 is 0 Å². The fourth-order valence-electron chi connectivity index (χ4n) is 2.10. The molecule has 0 amide bonds. The van der Waals surface area contributed by atoms with Crippen LogP contribution in [0.3, 0.4) is 0 Å². The monoisotopic (exact) mass is 298 g/mol. The minimum atomic E-state index is -0.263. The van der Waals surface area contributed by atoms with Gasteiger partial charge in [-0.25, -0.2) is 4.79 Å². The van der Waals surface area contributed by atoms with Gasteiger partial charge < -0.3 is 9.22 Å². The van der Waals surface area contributed by atoms with Crippen LogP contribution in [0.25, 0.3) is 0 Å². The van der Waals surface area contributed by atoms with Crippen LogP contribution in [0.5, 0.6) is 0 Å². The van der Waals surface area contributed by atoms with Gasteiger partial charge in [0.25, 0.3) is 0 Å². The van der Waals surface area contributed by atoms with Crippen LogP contribution in [0.1, 0.15) is 65.2 Å². The van der Waals surface area contributed by atoms with E-state index in [2.05, 4.69) is 34.6 Å². The van der Waals surface area contributed by atoms with Gasteiger partial charge in [0.1, 0.15) is 0 Å². The molecule has 0 radical (unpaired) electrons. The molecule has 0 N–H and O–H groups in total. The lowest BCUT2D eigenvalue weighted by molar-refractivity contribution is -0.894. The predicted octanol–water partition coefficient (Wildman–Crippen LogP) is 4.32. The van der Waals surface area contributed by atoms with Gasteiger partial charge in [0.2, 0.25) is 0 Å². The highest BCUT2D eigenvalue weighted by atomic mass is 16.5. The highest BCUT2D eigenvalue weighted by Crippen LogP contribution is 2.14. The Labute approximate surface area is 131 Å². The maximum atomic E-state index is 11.2. The van der Waals surface area contributed by atoms with Gasteiger partial charge in [-0.2, -0.15) is 0 Å². The number of ether oxygens (including phenoxy) is 1. The molecule has 3 nitrogen and oxygen atoms in total. The summed E-state index contributed by atoms with van der Waals surface area (Å²) in [6, 6.07) is 0.744. The average molecular weight is 298 g/mol. The molecule has 0 aromatic heterocycles. The maximum Gasteiger partial charge on any atom is 0.333 e. The van der Waals surface area contributed by atoms with Crippen LogP contribution in [0.4, 0.5) is 0 Å². The second-order valence-corrected chi connectivity index (χ2v) is 7.15. The molecule has 0 bridgehead atoms. The van der Waals surface area contributed by atoms with E-state index < -0.39 is 0 Å². The lowest BCUT2D eigenvalue weighted by atomic mass is 10.0. The first kappa shape index (κ1) is 20.2. The Hall–Kier alpha value is -0.830. The molecular weight excluding hydrogens is 262 g/mol. The summed E-state index contributed by atoms with van der Waals surface area (Å²) in [7, 11) is 6.81. The molecule has 124 valence electrons. The first-order chi connectivity index (χ1) is 9.75. The summed E-state index contributed by atoms with van der Waals surface area (Å²) in [5, 5.41) is 0. The van der Waals surface area contributed by atoms with Crippen molar-refractivity contribution < 1.29 is 14.0 Å². The van der Waals surface area contributed by atoms with Gasteiger partial charge in [0.05, 0.1) is 33.8 Å². The Morgan fingerprint density at radius 3 is 1.95 bits per heavy atom. The molecule has 0 saturated carbocycles. The van der Waals surface area contributed by atoms with Gasteiger partial charge in [0, 0.05) is 5.57 Å². The Morgan fingerprint density at radius 1 is 1.00 bits per heavy atom. The molecule has 0 aromatic carbocycles. The molecule has 0 rings (SSSR count). The third-order valence-corrected chi connectivity index (χ3v) is 4.17. The Balaban J connectivity index is 3.30. The summed E-state index contributed by atoms with van der Waals surface area (Å²) in [6.45, 7) is 8.12. The van der Waals surface area contributed by atoms with E-state index in [1.165, 1.54) is 38.5 Å². The van der Waals surface area contributed by atoms with E-state index in [0.29, 0.717) is 12.2 Å². The SMILES string of the molecule is C=C(C)C(=O)OCCCCCCCCCC(C)[N+](C)(C)C. The zero-order valence-corrected chi connectivity index (χ0v) is 14.9. The van der Waals surface area contributed by atoms with Crippen molar-refractivity contribution in [2.75, 3.05) is 27.7 Å². The van der Waals surface area contributed by atoms with Gasteiger partial charge >= 0.3 is 5.97 Å². The van der Waals surface area contributed by atoms with Gasteiger partial charge in [0.15, 0.2) is 0 Å². The normalized spacial score (nSPS) is 13.0. The second-order valence-electron chi connectivity index (χ2n) is 7.15. The third kappa shape index (κ3) is 11.5. The molecule has 0 aromatic rings. The quantitative estimate of drug-likeness (QED) is 0.232. The molecule has 0 aliphatic carbocycles. The van der Waals surface area contributed by atoms with Crippen molar-refractivity contribution in [1.29, 1.82) is 0 Å². The lowest BCUT2D eigenvalue weighted by Crippen LogP contribution is -2.43. The highest BCUT2D eigenvalue weighted by Gasteiger charge is 2.16. The summed E-state index contributed by atoms with van der Waals surface area (Å²) in [5.41, 5.74) is 0.484. The summed E-state index contributed by atoms with van der Waals surface area (Å²) >= 11 is 0. The van der Waals surface area contributed by atoms with E-state index in [1.807, 2.05) is 0 Å². The van der Waals surface area contributed by atoms with Crippen molar-refractivity contribution >= 4 is 5.97 Å². The highest BCUT2D eigenvalue weighted by molar-refractivity contribution is 5.86. The Kier molecular flexibility index (Phi) is 10.4. The van der Waals surface area contributed by atoms with Crippen LogP contribution in [-0.2, 0) is 9.53 Å². The summed E-state index contributed by atoms with van der Waals surface area (Å²) in [4.78, 5) is 11.2. The topological polar surface area (TPSA) is 26.3 Å². The molecule has 0 aliphatic rings. The first-order valence-corrected chi connectivity index (χ1v) is 8.39. The fourth-order valence-corrected chi connectivity index (χ4v) is 2.10. The molecule has 0 aliphatic heterocycles. The Morgan fingerprint density at radius 2 is 1.48 bits per heavy atom. The van der Waals surface area contributed by atoms with Crippen molar-refractivity contribution in [3.05, 3.63) is 12.2 Å². The minimum Gasteiger partial charge on any atom is -0.462 e. The first-order valence-electron chi connectivity index (χ1n) is 8.39. The zero-order valence-electron chi connectivity index (χ0n) is 14.9. The largest absolute Gasteiger partial charge is 0.462 e. The number of carbonyl (C=O) groups is 1. The predicted molar refractivity (Wildman–Crippen MR) is 90.2 cm³/mol. The lowest BCUT2D eigenvalue weighted by Gasteiger charge is -2.31. The number of nitrogens with zero attached hydrogens (tertiary/aromatic N) is 1. The van der Waals surface area contributed by atoms with E-state index in [4.69, 9.17) is 4.74 Å². The molecule has 0 fully saturated rings. The molecular formula is C18H36NO2+. The van der Waals surface area contributed by atoms with E-state index in [-0.39, 0.29) is 5.97 Å². The van der Waals surface area contributed by atoms with Crippen molar-refractivity contribution in [3.63, 3.8) is 0 Å². The van der Waals surface area contributed by atoms with Gasteiger partial charge in [-0.05, 0) is 33.1 Å². The summed E-state index contributed by atoms with van der Waals surface area (Å²) in [5.74, 6) is -0.263. The number of rotatable bonds is 12. The average Bonchev–Trinajstić information content (AvgIpc) is 2.38. The van der Waals surface area contributed by atoms with Crippen molar-refractivity contribution in [1.82, 2.24) is 0 Å². The molecule has 1 unspecified atom stereocenters. The van der Waals surface area contributed by atoms with Gasteiger partial charge in [-0.1, -0.05) is 38.7 Å². The van der Waals surface area contributed by atoms with E-state index >= 15 is 0 Å². The molecule has 0 saturated heterocycles. The van der Waals surface area contributed by atoms with Crippen LogP contribution in [0, 0.1) is 0 Å². The van der Waals surface area contributed by atoms with Gasteiger partial charge in [-0.3, -0.25) is 0 Å². The number of unbranched alkanes of at least 4 members (excludes halogenated alkanes) is 6. The van der Waals surface area contributed by atoms with Crippen molar-refractivity contribution in [2.24, 2.45) is 0 Å². The maximum absolute atomic E-state index is 11.2. The molecule has 1 atom stereocenters. The van der Waals surface area contributed by atoms with E-state index in [0.717, 1.165) is 23.4 Å². The molecule has 21 heavy (non-hydrogen) atoms. The van der Waals surface area contributed by atoms with E-state index in [1.54, 1.807) is 6.92 Å². The standard InChI is InChI=1S/C18H36NO2/c1-16(2)18(20)21-15-13-11-9-7-8-10-12-14-17(3)19(4,5)6/h17H,1,7-15H2,2-6H3/q+1. The minimum absolute atomic E-state index is 0.263. The molecule has 0 heterocycles. The number of esters is 1. The number of carbonyl (C=O) groups excluding carboxylic acids is 1. The number of hydrogen-bond acceptors (Lipinski definition) is 2.